The number of barbiturate groups is 1. The normalized spacial score (nSPS) is 15.4. The van der Waals surface area contributed by atoms with E-state index in [1.807, 2.05) is 6.92 Å². The number of hydrogen-bond acceptors (Lipinski definition) is 5. The van der Waals surface area contributed by atoms with Gasteiger partial charge in [-0.15, -0.1) is 0 Å². The SMILES string of the molecule is CCOc1cc(/C=C2\C(=O)NC(=O)N(c3cccc(Cl)c3Cl)C2=O)c(Br)cc1OC. The average molecular weight is 514 g/mol. The van der Waals surface area contributed by atoms with Gasteiger partial charge in [0.1, 0.15) is 5.57 Å². The molecule has 4 amide bonds. The Labute approximate surface area is 190 Å². The van der Waals surface area contributed by atoms with Crippen LogP contribution in [0.3, 0.4) is 0 Å². The molecule has 1 saturated heterocycles. The third kappa shape index (κ3) is 4.16. The molecule has 1 N–H and O–H groups in total. The molecule has 0 saturated carbocycles. The Kier molecular flexibility index (Phi) is 6.70. The van der Waals surface area contributed by atoms with E-state index in [4.69, 9.17) is 32.7 Å². The van der Waals surface area contributed by atoms with E-state index >= 15 is 0 Å². The number of nitrogens with zero attached hydrogens (tertiary/aromatic N) is 1. The van der Waals surface area contributed by atoms with Gasteiger partial charge in [0.15, 0.2) is 11.5 Å². The van der Waals surface area contributed by atoms with E-state index < -0.39 is 17.8 Å². The largest absolute Gasteiger partial charge is 0.493 e. The van der Waals surface area contributed by atoms with E-state index in [0.717, 1.165) is 4.90 Å². The van der Waals surface area contributed by atoms with Gasteiger partial charge >= 0.3 is 6.03 Å². The Morgan fingerprint density at radius 3 is 2.57 bits per heavy atom. The Bertz CT molecular complexity index is 1090. The number of methoxy groups -OCH3 is 1. The van der Waals surface area contributed by atoms with E-state index in [2.05, 4.69) is 21.2 Å². The second kappa shape index (κ2) is 9.07. The monoisotopic (exact) mass is 512 g/mol. The molecule has 0 aliphatic carbocycles. The number of ether oxygens (including phenoxy) is 2. The third-order valence-corrected chi connectivity index (χ3v) is 5.65. The van der Waals surface area contributed by atoms with Crippen LogP contribution in [0.15, 0.2) is 40.4 Å². The van der Waals surface area contributed by atoms with E-state index in [-0.39, 0.29) is 21.3 Å². The van der Waals surface area contributed by atoms with Crippen LogP contribution in [0, 0.1) is 0 Å². The number of carbonyl (C=O) groups is 3. The van der Waals surface area contributed by atoms with Crippen LogP contribution in [0.1, 0.15) is 12.5 Å². The number of hydrogen-bond donors (Lipinski definition) is 1. The third-order valence-electron chi connectivity index (χ3n) is 4.16. The minimum atomic E-state index is -0.921. The summed E-state index contributed by atoms with van der Waals surface area (Å²) >= 11 is 15.6. The number of halogens is 3. The Morgan fingerprint density at radius 2 is 1.90 bits per heavy atom. The molecule has 156 valence electrons. The first-order valence-corrected chi connectivity index (χ1v) is 10.2. The van der Waals surface area contributed by atoms with Crippen LogP contribution in [0.4, 0.5) is 10.5 Å². The quantitative estimate of drug-likeness (QED) is 0.457. The summed E-state index contributed by atoms with van der Waals surface area (Å²) in [4.78, 5) is 38.6. The number of anilines is 1. The molecular weight excluding hydrogens is 499 g/mol. The summed E-state index contributed by atoms with van der Waals surface area (Å²) in [6.07, 6.45) is 1.35. The van der Waals surface area contributed by atoms with Gasteiger partial charge in [0.25, 0.3) is 11.8 Å². The van der Waals surface area contributed by atoms with Crippen molar-refractivity contribution in [3.63, 3.8) is 0 Å². The van der Waals surface area contributed by atoms with Crippen molar-refractivity contribution < 1.29 is 23.9 Å². The van der Waals surface area contributed by atoms with Crippen LogP contribution in [-0.4, -0.2) is 31.6 Å². The molecule has 1 aliphatic heterocycles. The number of carbonyl (C=O) groups excluding carboxylic acids is 3. The van der Waals surface area contributed by atoms with Gasteiger partial charge < -0.3 is 9.47 Å². The molecule has 10 heteroatoms. The molecule has 2 aromatic carbocycles. The number of nitrogens with one attached hydrogen (secondary N) is 1. The van der Waals surface area contributed by atoms with Gasteiger partial charge in [-0.1, -0.05) is 45.2 Å². The summed E-state index contributed by atoms with van der Waals surface area (Å²) in [6.45, 7) is 2.21. The van der Waals surface area contributed by atoms with Crippen LogP contribution in [0.2, 0.25) is 10.0 Å². The lowest BCUT2D eigenvalue weighted by molar-refractivity contribution is -0.122. The van der Waals surface area contributed by atoms with Crippen molar-refractivity contribution in [2.75, 3.05) is 18.6 Å². The predicted octanol–water partition coefficient (Wildman–Crippen LogP) is 4.83. The summed E-state index contributed by atoms with van der Waals surface area (Å²) in [5, 5.41) is 2.32. The van der Waals surface area contributed by atoms with Crippen LogP contribution in [0.25, 0.3) is 6.08 Å². The minimum absolute atomic E-state index is 0.0145. The molecule has 3 rings (SSSR count). The topological polar surface area (TPSA) is 84.9 Å². The van der Waals surface area contributed by atoms with Crippen LogP contribution in [0.5, 0.6) is 11.5 Å². The molecule has 30 heavy (non-hydrogen) atoms. The first-order valence-electron chi connectivity index (χ1n) is 8.64. The highest BCUT2D eigenvalue weighted by molar-refractivity contribution is 9.10. The highest BCUT2D eigenvalue weighted by Gasteiger charge is 2.38. The fourth-order valence-electron chi connectivity index (χ4n) is 2.79. The van der Waals surface area contributed by atoms with Gasteiger partial charge in [-0.25, -0.2) is 9.69 Å². The second-order valence-electron chi connectivity index (χ2n) is 5.99. The maximum atomic E-state index is 13.1. The molecular formula is C20H15BrCl2N2O5. The van der Waals surface area contributed by atoms with Crippen LogP contribution >= 0.6 is 39.1 Å². The van der Waals surface area contributed by atoms with Gasteiger partial charge in [0.2, 0.25) is 0 Å². The lowest BCUT2D eigenvalue weighted by atomic mass is 10.1. The first kappa shape index (κ1) is 22.1. The molecule has 0 atom stereocenters. The van der Waals surface area contributed by atoms with E-state index in [0.29, 0.717) is 28.1 Å². The molecule has 0 unspecified atom stereocenters. The molecule has 1 fully saturated rings. The first-order chi connectivity index (χ1) is 14.3. The fourth-order valence-corrected chi connectivity index (χ4v) is 3.60. The summed E-state index contributed by atoms with van der Waals surface area (Å²) in [7, 11) is 1.50. The molecule has 1 aliphatic rings. The van der Waals surface area contributed by atoms with E-state index in [1.165, 1.54) is 25.3 Å². The lowest BCUT2D eigenvalue weighted by Crippen LogP contribution is -2.54. The fraction of sp³-hybridized carbons (Fsp3) is 0.150. The summed E-state index contributed by atoms with van der Waals surface area (Å²) in [5.74, 6) is -0.758. The lowest BCUT2D eigenvalue weighted by Gasteiger charge is -2.27. The molecule has 0 aromatic heterocycles. The van der Waals surface area contributed by atoms with Crippen molar-refractivity contribution in [3.05, 3.63) is 56.0 Å². The smallest absolute Gasteiger partial charge is 0.336 e. The maximum absolute atomic E-state index is 13.1. The Balaban J connectivity index is 2.09. The molecule has 0 bridgehead atoms. The average Bonchev–Trinajstić information content (AvgIpc) is 2.70. The number of urea groups is 1. The highest BCUT2D eigenvalue weighted by Crippen LogP contribution is 2.37. The maximum Gasteiger partial charge on any atom is 0.336 e. The van der Waals surface area contributed by atoms with Crippen molar-refractivity contribution in [3.8, 4) is 11.5 Å². The van der Waals surface area contributed by atoms with Gasteiger partial charge in [0, 0.05) is 4.47 Å². The predicted molar refractivity (Wildman–Crippen MR) is 117 cm³/mol. The van der Waals surface area contributed by atoms with Crippen LogP contribution in [-0.2, 0) is 9.59 Å². The van der Waals surface area contributed by atoms with Gasteiger partial charge in [0.05, 0.1) is 29.4 Å². The molecule has 2 aromatic rings. The van der Waals surface area contributed by atoms with E-state index in [1.54, 1.807) is 18.2 Å². The number of amides is 4. The van der Waals surface area contributed by atoms with Crippen molar-refractivity contribution in [2.24, 2.45) is 0 Å². The number of rotatable bonds is 5. The Morgan fingerprint density at radius 1 is 1.17 bits per heavy atom. The van der Waals surface area contributed by atoms with Crippen molar-refractivity contribution in [1.29, 1.82) is 0 Å². The highest BCUT2D eigenvalue weighted by atomic mass is 79.9. The van der Waals surface area contributed by atoms with Crippen molar-refractivity contribution in [1.82, 2.24) is 5.32 Å². The second-order valence-corrected chi connectivity index (χ2v) is 7.63. The van der Waals surface area contributed by atoms with Crippen LogP contribution < -0.4 is 19.7 Å². The molecule has 0 radical (unpaired) electrons. The van der Waals surface area contributed by atoms with E-state index in [9.17, 15) is 14.4 Å². The van der Waals surface area contributed by atoms with Gasteiger partial charge in [-0.3, -0.25) is 14.9 Å². The van der Waals surface area contributed by atoms with Gasteiger partial charge in [-0.05, 0) is 42.8 Å². The van der Waals surface area contributed by atoms with Gasteiger partial charge in [-0.2, -0.15) is 0 Å². The minimum Gasteiger partial charge on any atom is -0.493 e. The Hall–Kier alpha value is -2.55. The number of benzene rings is 2. The summed E-state index contributed by atoms with van der Waals surface area (Å²) < 4.78 is 11.4. The number of imide groups is 2. The van der Waals surface area contributed by atoms with Crippen molar-refractivity contribution in [2.45, 2.75) is 6.92 Å². The summed E-state index contributed by atoms with van der Waals surface area (Å²) in [5.41, 5.74) is 0.275. The molecule has 7 nitrogen and oxygen atoms in total. The zero-order valence-electron chi connectivity index (χ0n) is 15.8. The zero-order valence-corrected chi connectivity index (χ0v) is 18.9. The van der Waals surface area contributed by atoms with Crippen molar-refractivity contribution >= 4 is 68.7 Å². The molecule has 0 spiro atoms. The molecule has 1 heterocycles. The summed E-state index contributed by atoms with van der Waals surface area (Å²) in [6, 6.07) is 6.86. The standard InChI is InChI=1S/C20H15BrCl2N2O5/c1-3-30-16-8-10(12(21)9-15(16)29-2)7-11-18(26)24-20(28)25(19(11)27)14-6-4-5-13(22)17(14)23/h4-9H,3H2,1-2H3,(H,24,26,28)/b11-7+. The zero-order chi connectivity index (χ0) is 22.0.